The van der Waals surface area contributed by atoms with Crippen LogP contribution in [0.1, 0.15) is 26.3 Å². The maximum atomic E-state index is 11.8. The van der Waals surface area contributed by atoms with E-state index in [1.54, 1.807) is 18.2 Å². The molecule has 0 bridgehead atoms. The summed E-state index contributed by atoms with van der Waals surface area (Å²) in [6.07, 6.45) is 5.68. The predicted molar refractivity (Wildman–Crippen MR) is 79.8 cm³/mol. The number of carbonyl (C=O) groups is 1. The number of amides is 2. The molecule has 1 aromatic carbocycles. The zero-order valence-electron chi connectivity index (χ0n) is 11.7. The van der Waals surface area contributed by atoms with Crippen LogP contribution < -0.4 is 10.6 Å². The summed E-state index contributed by atoms with van der Waals surface area (Å²) in [4.78, 5) is 11.8. The molecule has 2 rings (SSSR count). The van der Waals surface area contributed by atoms with Gasteiger partial charge in [0, 0.05) is 16.3 Å². The van der Waals surface area contributed by atoms with Crippen molar-refractivity contribution >= 4 is 23.3 Å². The van der Waals surface area contributed by atoms with E-state index < -0.39 is 5.54 Å². The Hall–Kier alpha value is -1.70. The Morgan fingerprint density at radius 2 is 2.15 bits per heavy atom. The molecule has 0 aromatic heterocycles. The van der Waals surface area contributed by atoms with Crippen molar-refractivity contribution < 1.29 is 9.53 Å². The molecule has 1 unspecified atom stereocenters. The smallest absolute Gasteiger partial charge is 0.320 e. The third-order valence-corrected chi connectivity index (χ3v) is 3.22. The van der Waals surface area contributed by atoms with Gasteiger partial charge in [-0.3, -0.25) is 0 Å². The molecule has 5 heteroatoms. The quantitative estimate of drug-likeness (QED) is 0.823. The van der Waals surface area contributed by atoms with Crippen LogP contribution in [0.2, 0.25) is 5.02 Å². The number of anilines is 1. The van der Waals surface area contributed by atoms with Crippen LogP contribution in [-0.4, -0.2) is 18.2 Å². The van der Waals surface area contributed by atoms with Crippen LogP contribution >= 0.6 is 11.6 Å². The molecule has 0 radical (unpaired) electrons. The van der Waals surface area contributed by atoms with Gasteiger partial charge in [0.25, 0.3) is 0 Å². The summed E-state index contributed by atoms with van der Waals surface area (Å²) in [5.41, 5.74) is -0.00132. The Morgan fingerprint density at radius 1 is 1.45 bits per heavy atom. The molecule has 1 aromatic rings. The molecule has 0 spiro atoms. The number of fused-ring (bicyclic) bond motifs is 1. The first-order valence-electron chi connectivity index (χ1n) is 6.27. The summed E-state index contributed by atoms with van der Waals surface area (Å²) in [6, 6.07) is 4.84. The maximum Gasteiger partial charge on any atom is 0.320 e. The van der Waals surface area contributed by atoms with Crippen molar-refractivity contribution in [3.05, 3.63) is 28.8 Å². The molecule has 20 heavy (non-hydrogen) atoms. The number of hydrogen-bond donors (Lipinski definition) is 2. The minimum Gasteiger partial charge on any atom is -0.372 e. The van der Waals surface area contributed by atoms with Crippen LogP contribution in [0.25, 0.3) is 0 Å². The van der Waals surface area contributed by atoms with Crippen LogP contribution in [0, 0.1) is 12.3 Å². The van der Waals surface area contributed by atoms with Crippen molar-refractivity contribution in [2.45, 2.75) is 31.9 Å². The molecule has 4 nitrogen and oxygen atoms in total. The van der Waals surface area contributed by atoms with E-state index in [1.807, 2.05) is 20.8 Å². The van der Waals surface area contributed by atoms with Gasteiger partial charge in [0.1, 0.15) is 0 Å². The Labute approximate surface area is 123 Å². The number of carbonyl (C=O) groups excluding carboxylic acids is 1. The molecule has 106 valence electrons. The van der Waals surface area contributed by atoms with Gasteiger partial charge in [-0.15, -0.1) is 6.42 Å². The fourth-order valence-electron chi connectivity index (χ4n) is 1.99. The van der Waals surface area contributed by atoms with Crippen LogP contribution in [0.3, 0.4) is 0 Å². The van der Waals surface area contributed by atoms with Gasteiger partial charge in [-0.25, -0.2) is 4.79 Å². The molecule has 0 saturated carbocycles. The van der Waals surface area contributed by atoms with E-state index in [1.165, 1.54) is 0 Å². The molecule has 0 aliphatic carbocycles. The van der Waals surface area contributed by atoms with Gasteiger partial charge < -0.3 is 15.4 Å². The molecule has 1 aliphatic rings. The minimum atomic E-state index is -1.02. The van der Waals surface area contributed by atoms with Gasteiger partial charge in [0.05, 0.1) is 12.2 Å². The Bertz CT molecular complexity index is 587. The van der Waals surface area contributed by atoms with Crippen LogP contribution in [-0.2, 0) is 10.3 Å². The number of halogens is 1. The van der Waals surface area contributed by atoms with Crippen LogP contribution in [0.4, 0.5) is 10.5 Å². The van der Waals surface area contributed by atoms with Crippen molar-refractivity contribution in [2.24, 2.45) is 0 Å². The van der Waals surface area contributed by atoms with Gasteiger partial charge in [-0.05, 0) is 39.0 Å². The monoisotopic (exact) mass is 292 g/mol. The highest BCUT2D eigenvalue weighted by atomic mass is 35.5. The highest BCUT2D eigenvalue weighted by Crippen LogP contribution is 2.34. The number of rotatable bonds is 2. The van der Waals surface area contributed by atoms with Crippen LogP contribution in [0.15, 0.2) is 18.2 Å². The van der Waals surface area contributed by atoms with Crippen molar-refractivity contribution in [3.63, 3.8) is 0 Å². The molecule has 1 atom stereocenters. The molecule has 1 heterocycles. The van der Waals surface area contributed by atoms with Gasteiger partial charge in [-0.1, -0.05) is 17.5 Å². The van der Waals surface area contributed by atoms with E-state index in [0.717, 1.165) is 5.56 Å². The number of hydrogen-bond acceptors (Lipinski definition) is 2. The van der Waals surface area contributed by atoms with E-state index in [-0.39, 0.29) is 18.2 Å². The molecular weight excluding hydrogens is 276 g/mol. The largest absolute Gasteiger partial charge is 0.372 e. The normalized spacial score (nSPS) is 21.4. The highest BCUT2D eigenvalue weighted by molar-refractivity contribution is 6.30. The molecule has 0 fully saturated rings. The van der Waals surface area contributed by atoms with Gasteiger partial charge in [-0.2, -0.15) is 0 Å². The van der Waals surface area contributed by atoms with E-state index in [9.17, 15) is 4.79 Å². The second-order valence-electron chi connectivity index (χ2n) is 5.72. The lowest BCUT2D eigenvalue weighted by molar-refractivity contribution is -0.0249. The SMILES string of the molecule is C#CC1(COC(C)(C)C)NC(=O)Nc2ccc(Cl)cc21. The molecule has 0 saturated heterocycles. The number of ether oxygens (including phenoxy) is 1. The lowest BCUT2D eigenvalue weighted by Crippen LogP contribution is -2.54. The van der Waals surface area contributed by atoms with Crippen molar-refractivity contribution in [2.75, 3.05) is 11.9 Å². The number of benzene rings is 1. The molecule has 1 aliphatic heterocycles. The van der Waals surface area contributed by atoms with Crippen molar-refractivity contribution in [1.82, 2.24) is 5.32 Å². The highest BCUT2D eigenvalue weighted by Gasteiger charge is 2.39. The lowest BCUT2D eigenvalue weighted by atomic mass is 9.88. The van der Waals surface area contributed by atoms with Gasteiger partial charge >= 0.3 is 6.03 Å². The average molecular weight is 293 g/mol. The second kappa shape index (κ2) is 5.01. The maximum absolute atomic E-state index is 11.8. The summed E-state index contributed by atoms with van der Waals surface area (Å²) < 4.78 is 5.78. The summed E-state index contributed by atoms with van der Waals surface area (Å²) in [5, 5.41) is 6.03. The topological polar surface area (TPSA) is 50.4 Å². The van der Waals surface area contributed by atoms with E-state index in [2.05, 4.69) is 16.6 Å². The predicted octanol–water partition coefficient (Wildman–Crippen LogP) is 3.12. The fourth-order valence-corrected chi connectivity index (χ4v) is 2.16. The van der Waals surface area contributed by atoms with Crippen molar-refractivity contribution in [3.8, 4) is 12.3 Å². The lowest BCUT2D eigenvalue weighted by Gasteiger charge is -2.37. The molecular formula is C15H17ClN2O2. The number of urea groups is 1. The molecule has 2 N–H and O–H groups in total. The van der Waals surface area contributed by atoms with Gasteiger partial charge in [0.2, 0.25) is 0 Å². The van der Waals surface area contributed by atoms with E-state index >= 15 is 0 Å². The third kappa shape index (κ3) is 2.90. The zero-order valence-corrected chi connectivity index (χ0v) is 12.5. The summed E-state index contributed by atoms with van der Waals surface area (Å²) in [7, 11) is 0. The number of terminal acetylenes is 1. The third-order valence-electron chi connectivity index (χ3n) is 2.98. The minimum absolute atomic E-state index is 0.174. The van der Waals surface area contributed by atoms with Crippen molar-refractivity contribution in [1.29, 1.82) is 0 Å². The standard InChI is InChI=1S/C15H17ClN2O2/c1-5-15(9-20-14(2,3)4)11-8-10(16)6-7-12(11)17-13(19)18-15/h1,6-8H,9H2,2-4H3,(H2,17,18,19). The Morgan fingerprint density at radius 3 is 2.75 bits per heavy atom. The van der Waals surface area contributed by atoms with Crippen LogP contribution in [0.5, 0.6) is 0 Å². The first-order chi connectivity index (χ1) is 9.26. The van der Waals surface area contributed by atoms with E-state index in [4.69, 9.17) is 22.8 Å². The number of nitrogens with one attached hydrogen (secondary N) is 2. The molecule has 2 amide bonds. The first-order valence-corrected chi connectivity index (χ1v) is 6.64. The van der Waals surface area contributed by atoms with E-state index in [0.29, 0.717) is 10.7 Å². The summed E-state index contributed by atoms with van der Waals surface area (Å²) >= 11 is 6.04. The Balaban J connectivity index is 2.45. The summed E-state index contributed by atoms with van der Waals surface area (Å²) in [6.45, 7) is 5.96. The van der Waals surface area contributed by atoms with Gasteiger partial charge in [0.15, 0.2) is 5.54 Å². The first kappa shape index (κ1) is 14.7. The summed E-state index contributed by atoms with van der Waals surface area (Å²) in [5.74, 6) is 2.65. The Kier molecular flexibility index (Phi) is 3.68. The second-order valence-corrected chi connectivity index (χ2v) is 6.16. The zero-order chi connectivity index (χ0) is 15.0. The average Bonchev–Trinajstić information content (AvgIpc) is 2.36. The fraction of sp³-hybridized carbons (Fsp3) is 0.400.